The maximum Gasteiger partial charge on any atom is 0.228 e. The van der Waals surface area contributed by atoms with Crippen molar-refractivity contribution >= 4 is 11.6 Å². The third-order valence-corrected chi connectivity index (χ3v) is 5.92. The second kappa shape index (κ2) is 8.74. The molecule has 0 amide bonds. The molecule has 1 atom stereocenters. The lowest BCUT2D eigenvalue weighted by atomic mass is 9.97. The summed E-state index contributed by atoms with van der Waals surface area (Å²) >= 11 is 6.30. The summed E-state index contributed by atoms with van der Waals surface area (Å²) < 4.78 is 11.4. The fraction of sp³-hybridized carbons (Fsp3) is 0.571. The van der Waals surface area contributed by atoms with Gasteiger partial charge < -0.3 is 9.15 Å². The Bertz CT molecular complexity index is 758. The summed E-state index contributed by atoms with van der Waals surface area (Å²) in [5.41, 5.74) is 1.88. The predicted octanol–water partition coefficient (Wildman–Crippen LogP) is 3.85. The molecular formula is C21H28ClN3O2. The highest BCUT2D eigenvalue weighted by Crippen LogP contribution is 2.29. The van der Waals surface area contributed by atoms with Gasteiger partial charge in [-0.1, -0.05) is 23.7 Å². The Morgan fingerprint density at radius 1 is 1.15 bits per heavy atom. The van der Waals surface area contributed by atoms with Crippen LogP contribution in [0.1, 0.15) is 24.3 Å². The molecule has 5 nitrogen and oxygen atoms in total. The number of hydrogen-bond donors (Lipinski definition) is 0. The number of rotatable bonds is 5. The van der Waals surface area contributed by atoms with Crippen molar-refractivity contribution in [3.63, 3.8) is 0 Å². The number of ether oxygens (including phenoxy) is 1. The van der Waals surface area contributed by atoms with Crippen LogP contribution in [0.15, 0.2) is 28.7 Å². The fourth-order valence-electron chi connectivity index (χ4n) is 4.13. The standard InChI is InChI=1S/C21H28ClN3O2/c1-16-20(23-21(27-16)18-6-2-3-7-19(18)22)15-25-8-4-5-17(14-25)13-24-9-11-26-12-10-24/h2-3,6-7,17H,4-5,8-15H2,1H3/t17-/m0/s1. The predicted molar refractivity (Wildman–Crippen MR) is 107 cm³/mol. The Balaban J connectivity index is 1.39. The van der Waals surface area contributed by atoms with Crippen LogP contribution in [0.25, 0.3) is 11.5 Å². The van der Waals surface area contributed by atoms with Crippen molar-refractivity contribution in [1.29, 1.82) is 0 Å². The number of likely N-dealkylation sites (tertiary alicyclic amines) is 1. The first-order chi connectivity index (χ1) is 13.2. The van der Waals surface area contributed by atoms with Crippen LogP contribution in [0.3, 0.4) is 0 Å². The molecule has 2 fully saturated rings. The largest absolute Gasteiger partial charge is 0.441 e. The molecule has 0 unspecified atom stereocenters. The Kier molecular flexibility index (Phi) is 6.13. The third kappa shape index (κ3) is 4.72. The molecule has 1 aromatic heterocycles. The van der Waals surface area contributed by atoms with Crippen molar-refractivity contribution in [3.8, 4) is 11.5 Å². The molecule has 0 bridgehead atoms. The molecule has 0 saturated carbocycles. The molecule has 6 heteroatoms. The van der Waals surface area contributed by atoms with Crippen molar-refractivity contribution in [2.45, 2.75) is 26.3 Å². The monoisotopic (exact) mass is 389 g/mol. The molecule has 146 valence electrons. The number of benzene rings is 1. The minimum atomic E-state index is 0.620. The van der Waals surface area contributed by atoms with E-state index in [1.807, 2.05) is 31.2 Å². The zero-order chi connectivity index (χ0) is 18.6. The number of oxazole rings is 1. The van der Waals surface area contributed by atoms with Gasteiger partial charge in [-0.3, -0.25) is 9.80 Å². The van der Waals surface area contributed by atoms with Gasteiger partial charge in [-0.05, 0) is 44.4 Å². The van der Waals surface area contributed by atoms with Gasteiger partial charge in [0, 0.05) is 32.7 Å². The van der Waals surface area contributed by atoms with Crippen LogP contribution in [0.5, 0.6) is 0 Å². The molecule has 2 aliphatic heterocycles. The van der Waals surface area contributed by atoms with Crippen LogP contribution in [-0.2, 0) is 11.3 Å². The van der Waals surface area contributed by atoms with E-state index in [2.05, 4.69) is 9.80 Å². The highest BCUT2D eigenvalue weighted by atomic mass is 35.5. The molecule has 4 rings (SSSR count). The van der Waals surface area contributed by atoms with Gasteiger partial charge in [-0.2, -0.15) is 0 Å². The Hall–Kier alpha value is -1.40. The molecule has 0 aliphatic carbocycles. The number of halogens is 1. The molecule has 0 radical (unpaired) electrons. The summed E-state index contributed by atoms with van der Waals surface area (Å²) in [4.78, 5) is 9.83. The number of piperidine rings is 1. The first-order valence-electron chi connectivity index (χ1n) is 9.92. The first kappa shape index (κ1) is 18.9. The lowest BCUT2D eigenvalue weighted by molar-refractivity contribution is 0.0223. The van der Waals surface area contributed by atoms with Gasteiger partial charge in [0.05, 0.1) is 29.5 Å². The van der Waals surface area contributed by atoms with Crippen LogP contribution < -0.4 is 0 Å². The number of nitrogens with zero attached hydrogens (tertiary/aromatic N) is 3. The van der Waals surface area contributed by atoms with E-state index in [0.29, 0.717) is 10.9 Å². The van der Waals surface area contributed by atoms with Crippen molar-refractivity contribution in [3.05, 3.63) is 40.7 Å². The number of aryl methyl sites for hydroxylation is 1. The van der Waals surface area contributed by atoms with E-state index in [0.717, 1.165) is 68.9 Å². The summed E-state index contributed by atoms with van der Waals surface area (Å²) in [6, 6.07) is 7.71. The lowest BCUT2D eigenvalue weighted by Crippen LogP contribution is -2.44. The van der Waals surface area contributed by atoms with Gasteiger partial charge in [0.1, 0.15) is 5.76 Å². The Morgan fingerprint density at radius 2 is 1.96 bits per heavy atom. The van der Waals surface area contributed by atoms with Gasteiger partial charge in [0.15, 0.2) is 0 Å². The smallest absolute Gasteiger partial charge is 0.228 e. The van der Waals surface area contributed by atoms with Crippen molar-refractivity contribution in [1.82, 2.24) is 14.8 Å². The van der Waals surface area contributed by atoms with Gasteiger partial charge in [0.2, 0.25) is 5.89 Å². The Labute approximate surface area is 166 Å². The molecule has 0 N–H and O–H groups in total. The molecule has 2 saturated heterocycles. The van der Waals surface area contributed by atoms with E-state index in [9.17, 15) is 0 Å². The summed E-state index contributed by atoms with van der Waals surface area (Å²) in [5.74, 6) is 2.24. The summed E-state index contributed by atoms with van der Waals surface area (Å²) in [6.45, 7) is 10.2. The number of hydrogen-bond acceptors (Lipinski definition) is 5. The maximum atomic E-state index is 6.30. The van der Waals surface area contributed by atoms with E-state index in [-0.39, 0.29) is 0 Å². The number of aromatic nitrogens is 1. The molecule has 2 aliphatic rings. The first-order valence-corrected chi connectivity index (χ1v) is 10.3. The molecule has 0 spiro atoms. The van der Waals surface area contributed by atoms with Crippen LogP contribution in [-0.4, -0.2) is 60.7 Å². The van der Waals surface area contributed by atoms with Crippen LogP contribution in [0.4, 0.5) is 0 Å². The summed E-state index contributed by atoms with van der Waals surface area (Å²) in [7, 11) is 0. The zero-order valence-corrected chi connectivity index (χ0v) is 16.7. The third-order valence-electron chi connectivity index (χ3n) is 5.59. The molecule has 3 heterocycles. The normalized spacial score (nSPS) is 22.2. The average Bonchev–Trinajstić information content (AvgIpc) is 3.03. The van der Waals surface area contributed by atoms with Crippen molar-refractivity contribution < 1.29 is 9.15 Å². The minimum Gasteiger partial charge on any atom is -0.441 e. The zero-order valence-electron chi connectivity index (χ0n) is 16.0. The van der Waals surface area contributed by atoms with Gasteiger partial charge in [0.25, 0.3) is 0 Å². The van der Waals surface area contributed by atoms with Crippen molar-refractivity contribution in [2.24, 2.45) is 5.92 Å². The quantitative estimate of drug-likeness (QED) is 0.777. The van der Waals surface area contributed by atoms with Crippen molar-refractivity contribution in [2.75, 3.05) is 45.9 Å². The van der Waals surface area contributed by atoms with Gasteiger partial charge in [-0.15, -0.1) is 0 Å². The SMILES string of the molecule is Cc1oc(-c2ccccc2Cl)nc1CN1CCC[C@@H](CN2CCOCC2)C1. The fourth-order valence-corrected chi connectivity index (χ4v) is 4.35. The van der Waals surface area contributed by atoms with E-state index in [1.54, 1.807) is 0 Å². The average molecular weight is 390 g/mol. The van der Waals surface area contributed by atoms with E-state index < -0.39 is 0 Å². The lowest BCUT2D eigenvalue weighted by Gasteiger charge is -2.36. The molecule has 1 aromatic carbocycles. The highest BCUT2D eigenvalue weighted by molar-refractivity contribution is 6.33. The molecule has 27 heavy (non-hydrogen) atoms. The summed E-state index contributed by atoms with van der Waals surface area (Å²) in [5, 5.41) is 0.675. The van der Waals surface area contributed by atoms with Crippen LogP contribution >= 0.6 is 11.6 Å². The maximum absolute atomic E-state index is 6.30. The minimum absolute atomic E-state index is 0.620. The summed E-state index contributed by atoms with van der Waals surface area (Å²) in [6.07, 6.45) is 2.57. The topological polar surface area (TPSA) is 41.7 Å². The van der Waals surface area contributed by atoms with E-state index in [1.165, 1.54) is 19.4 Å². The highest BCUT2D eigenvalue weighted by Gasteiger charge is 2.24. The number of morpholine rings is 1. The Morgan fingerprint density at radius 3 is 2.78 bits per heavy atom. The molecular weight excluding hydrogens is 362 g/mol. The molecule has 2 aromatic rings. The van der Waals surface area contributed by atoms with Gasteiger partial charge in [-0.25, -0.2) is 4.98 Å². The van der Waals surface area contributed by atoms with Crippen LogP contribution in [0, 0.1) is 12.8 Å². The second-order valence-corrected chi connectivity index (χ2v) is 8.07. The van der Waals surface area contributed by atoms with Gasteiger partial charge >= 0.3 is 0 Å². The van der Waals surface area contributed by atoms with Crippen LogP contribution in [0.2, 0.25) is 5.02 Å². The second-order valence-electron chi connectivity index (χ2n) is 7.66. The van der Waals surface area contributed by atoms with E-state index >= 15 is 0 Å². The van der Waals surface area contributed by atoms with E-state index in [4.69, 9.17) is 25.7 Å².